The summed E-state index contributed by atoms with van der Waals surface area (Å²) in [7, 11) is 0. The number of fused-ring (bicyclic) bond motifs is 1. The van der Waals surface area contributed by atoms with Gasteiger partial charge in [-0.25, -0.2) is 4.98 Å². The van der Waals surface area contributed by atoms with Crippen LogP contribution in [0.15, 0.2) is 23.6 Å². The highest BCUT2D eigenvalue weighted by Crippen LogP contribution is 2.35. The quantitative estimate of drug-likeness (QED) is 0.728. The molecule has 4 N–H and O–H groups in total. The number of carbonyl (C=O) groups excluding carboxylic acids is 2. The molecule has 0 saturated heterocycles. The number of aromatic nitrogens is 1. The number of nitrogens with two attached hydrogens (primary N) is 1. The third-order valence-corrected chi connectivity index (χ3v) is 3.98. The van der Waals surface area contributed by atoms with Crippen LogP contribution in [-0.2, 0) is 9.59 Å². The van der Waals surface area contributed by atoms with Crippen molar-refractivity contribution in [2.45, 2.75) is 0 Å². The third kappa shape index (κ3) is 3.81. The van der Waals surface area contributed by atoms with Gasteiger partial charge in [-0.1, -0.05) is 0 Å². The van der Waals surface area contributed by atoms with Crippen molar-refractivity contribution in [3.05, 3.63) is 23.6 Å². The summed E-state index contributed by atoms with van der Waals surface area (Å²) in [5, 5.41) is 7.31. The van der Waals surface area contributed by atoms with Gasteiger partial charge in [0, 0.05) is 10.9 Å². The minimum atomic E-state index is -0.388. The first-order valence-electron chi connectivity index (χ1n) is 7.28. The van der Waals surface area contributed by atoms with E-state index in [9.17, 15) is 9.59 Å². The highest BCUT2D eigenvalue weighted by Gasteiger charge is 2.14. The third-order valence-electron chi connectivity index (χ3n) is 3.22. The highest BCUT2D eigenvalue weighted by atomic mass is 32.1. The lowest BCUT2D eigenvalue weighted by molar-refractivity contribution is -0.123. The molecular weight excluding hydrogens is 332 g/mol. The first kappa shape index (κ1) is 16.2. The van der Waals surface area contributed by atoms with Crippen LogP contribution in [0.3, 0.4) is 0 Å². The molecule has 0 radical (unpaired) electrons. The fourth-order valence-electron chi connectivity index (χ4n) is 2.08. The maximum absolute atomic E-state index is 11.7. The molecule has 2 amide bonds. The number of hydrogen-bond donors (Lipinski definition) is 3. The molecule has 1 aliphatic heterocycles. The van der Waals surface area contributed by atoms with Crippen LogP contribution in [0.5, 0.6) is 11.5 Å². The molecule has 0 aliphatic carbocycles. The zero-order valence-corrected chi connectivity index (χ0v) is 13.5. The average Bonchev–Trinajstić information content (AvgIpc) is 3.07. The van der Waals surface area contributed by atoms with E-state index in [1.165, 1.54) is 11.3 Å². The van der Waals surface area contributed by atoms with Crippen molar-refractivity contribution in [2.24, 2.45) is 5.73 Å². The van der Waals surface area contributed by atoms with Crippen molar-refractivity contribution < 1.29 is 19.1 Å². The van der Waals surface area contributed by atoms with Crippen LogP contribution in [0, 0.1) is 0 Å². The molecule has 0 atom stereocenters. The first-order valence-corrected chi connectivity index (χ1v) is 8.16. The van der Waals surface area contributed by atoms with E-state index >= 15 is 0 Å². The number of carbonyl (C=O) groups is 2. The smallest absolute Gasteiger partial charge is 0.245 e. The molecule has 0 unspecified atom stereocenters. The maximum atomic E-state index is 11.7. The number of thiazole rings is 1. The second-order valence-corrected chi connectivity index (χ2v) is 5.78. The van der Waals surface area contributed by atoms with Crippen molar-refractivity contribution in [2.75, 3.05) is 31.6 Å². The lowest BCUT2D eigenvalue weighted by Gasteiger charge is -2.18. The van der Waals surface area contributed by atoms with Gasteiger partial charge >= 0.3 is 0 Å². The number of nitrogens with zero attached hydrogens (tertiary/aromatic N) is 1. The predicted octanol–water partition coefficient (Wildman–Crippen LogP) is 0.595. The van der Waals surface area contributed by atoms with Crippen LogP contribution in [0.25, 0.3) is 11.3 Å². The van der Waals surface area contributed by atoms with E-state index < -0.39 is 0 Å². The van der Waals surface area contributed by atoms with E-state index in [4.69, 9.17) is 15.2 Å². The van der Waals surface area contributed by atoms with Crippen molar-refractivity contribution in [1.29, 1.82) is 0 Å². The van der Waals surface area contributed by atoms with Crippen molar-refractivity contribution in [3.8, 4) is 22.8 Å². The first-order chi connectivity index (χ1) is 11.7. The zero-order chi connectivity index (χ0) is 16.9. The molecule has 0 fully saturated rings. The van der Waals surface area contributed by atoms with Gasteiger partial charge < -0.3 is 25.8 Å². The standard InChI is InChI=1S/C15H16N4O4S/c16-6-13(20)17-7-14(21)19-15-18-10(8-24-15)9-1-2-11-12(5-9)23-4-3-22-11/h1-2,5,8H,3-4,6-7,16H2,(H,17,20)(H,18,19,21). The summed E-state index contributed by atoms with van der Waals surface area (Å²) < 4.78 is 11.0. The summed E-state index contributed by atoms with van der Waals surface area (Å²) >= 11 is 1.30. The summed E-state index contributed by atoms with van der Waals surface area (Å²) in [5.41, 5.74) is 6.74. The normalized spacial score (nSPS) is 12.5. The summed E-state index contributed by atoms with van der Waals surface area (Å²) in [6.45, 7) is 0.761. The monoisotopic (exact) mass is 348 g/mol. The second-order valence-electron chi connectivity index (χ2n) is 4.93. The van der Waals surface area contributed by atoms with Crippen molar-refractivity contribution >= 4 is 28.3 Å². The Morgan fingerprint density at radius 3 is 2.79 bits per heavy atom. The molecule has 2 aromatic rings. The van der Waals surface area contributed by atoms with Gasteiger partial charge in [0.05, 0.1) is 18.8 Å². The summed E-state index contributed by atoms with van der Waals surface area (Å²) in [6, 6.07) is 5.58. The molecule has 0 spiro atoms. The molecule has 9 heteroatoms. The minimum absolute atomic E-state index is 0.144. The molecule has 0 bridgehead atoms. The Bertz CT molecular complexity index is 762. The number of anilines is 1. The van der Waals surface area contributed by atoms with Gasteiger partial charge in [-0.05, 0) is 18.2 Å². The van der Waals surface area contributed by atoms with E-state index in [2.05, 4.69) is 15.6 Å². The summed E-state index contributed by atoms with van der Waals surface area (Å²) in [5.74, 6) is 0.646. The predicted molar refractivity (Wildman–Crippen MR) is 89.2 cm³/mol. The molecule has 3 rings (SSSR count). The van der Waals surface area contributed by atoms with E-state index in [1.807, 2.05) is 23.6 Å². The van der Waals surface area contributed by atoms with Crippen LogP contribution in [-0.4, -0.2) is 43.1 Å². The van der Waals surface area contributed by atoms with Gasteiger partial charge in [-0.2, -0.15) is 0 Å². The van der Waals surface area contributed by atoms with Crippen LogP contribution in [0.2, 0.25) is 0 Å². The molecule has 24 heavy (non-hydrogen) atoms. The zero-order valence-electron chi connectivity index (χ0n) is 12.7. The topological polar surface area (TPSA) is 116 Å². The summed E-state index contributed by atoms with van der Waals surface area (Å²) in [6.07, 6.45) is 0. The Morgan fingerprint density at radius 1 is 1.21 bits per heavy atom. The number of rotatable bonds is 5. The van der Waals surface area contributed by atoms with Crippen LogP contribution < -0.4 is 25.8 Å². The summed E-state index contributed by atoms with van der Waals surface area (Å²) in [4.78, 5) is 27.1. The Kier molecular flexibility index (Phi) is 4.92. The molecular formula is C15H16N4O4S. The number of nitrogens with one attached hydrogen (secondary N) is 2. The fourth-order valence-corrected chi connectivity index (χ4v) is 2.82. The molecule has 2 heterocycles. The van der Waals surface area contributed by atoms with Crippen molar-refractivity contribution in [3.63, 3.8) is 0 Å². The molecule has 126 valence electrons. The Labute approximate surface area is 142 Å². The van der Waals surface area contributed by atoms with Gasteiger partial charge in [-0.3, -0.25) is 9.59 Å². The SMILES string of the molecule is NCC(=O)NCC(=O)Nc1nc(-c2ccc3c(c2)OCCO3)cs1. The second kappa shape index (κ2) is 7.28. The lowest BCUT2D eigenvalue weighted by Crippen LogP contribution is -2.36. The van der Waals surface area contributed by atoms with E-state index in [1.54, 1.807) is 0 Å². The highest BCUT2D eigenvalue weighted by molar-refractivity contribution is 7.14. The largest absolute Gasteiger partial charge is 0.486 e. The Hall–Kier alpha value is -2.65. The van der Waals surface area contributed by atoms with Crippen LogP contribution >= 0.6 is 11.3 Å². The average molecular weight is 348 g/mol. The Morgan fingerprint density at radius 2 is 2.00 bits per heavy atom. The number of hydrogen-bond acceptors (Lipinski definition) is 7. The number of ether oxygens (including phenoxy) is 2. The van der Waals surface area contributed by atoms with E-state index in [0.717, 1.165) is 11.3 Å². The number of amides is 2. The fraction of sp³-hybridized carbons (Fsp3) is 0.267. The van der Waals surface area contributed by atoms with E-state index in [0.29, 0.717) is 29.8 Å². The van der Waals surface area contributed by atoms with Gasteiger partial charge in [0.25, 0.3) is 0 Å². The van der Waals surface area contributed by atoms with Gasteiger partial charge in [0.2, 0.25) is 11.8 Å². The number of benzene rings is 1. The minimum Gasteiger partial charge on any atom is -0.486 e. The van der Waals surface area contributed by atoms with Crippen LogP contribution in [0.1, 0.15) is 0 Å². The maximum Gasteiger partial charge on any atom is 0.245 e. The molecule has 1 aromatic heterocycles. The Balaban J connectivity index is 1.65. The molecule has 0 saturated carbocycles. The van der Waals surface area contributed by atoms with E-state index in [-0.39, 0.29) is 24.9 Å². The lowest BCUT2D eigenvalue weighted by atomic mass is 10.1. The van der Waals surface area contributed by atoms with Gasteiger partial charge in [-0.15, -0.1) is 11.3 Å². The molecule has 8 nitrogen and oxygen atoms in total. The molecule has 1 aliphatic rings. The van der Waals surface area contributed by atoms with Crippen LogP contribution in [0.4, 0.5) is 5.13 Å². The van der Waals surface area contributed by atoms with Gasteiger partial charge in [0.15, 0.2) is 16.6 Å². The van der Waals surface area contributed by atoms with Crippen molar-refractivity contribution in [1.82, 2.24) is 10.3 Å². The van der Waals surface area contributed by atoms with Gasteiger partial charge in [0.1, 0.15) is 13.2 Å². The molecule has 1 aromatic carbocycles.